The van der Waals surface area contributed by atoms with Gasteiger partial charge >= 0.3 is 0 Å². The predicted molar refractivity (Wildman–Crippen MR) is 131 cm³/mol. The summed E-state index contributed by atoms with van der Waals surface area (Å²) in [6.45, 7) is 8.74. The average Bonchev–Trinajstić information content (AvgIpc) is 3.13. The van der Waals surface area contributed by atoms with Crippen molar-refractivity contribution in [2.24, 2.45) is 0 Å². The zero-order chi connectivity index (χ0) is 25.7. The van der Waals surface area contributed by atoms with Crippen LogP contribution in [-0.4, -0.2) is 64.1 Å². The molecule has 1 aliphatic rings. The second-order valence-corrected chi connectivity index (χ2v) is 8.48. The van der Waals surface area contributed by atoms with Gasteiger partial charge in [0.15, 0.2) is 11.5 Å². The van der Waals surface area contributed by atoms with Gasteiger partial charge in [0.25, 0.3) is 5.91 Å². The van der Waals surface area contributed by atoms with Crippen molar-refractivity contribution >= 4 is 17.4 Å². The van der Waals surface area contributed by atoms with Crippen LogP contribution in [0.2, 0.25) is 0 Å². The number of ketones is 1. The molecule has 8 heteroatoms. The lowest BCUT2D eigenvalue weighted by molar-refractivity contribution is -0.895. The molecule has 35 heavy (non-hydrogen) atoms. The third kappa shape index (κ3) is 5.12. The van der Waals surface area contributed by atoms with Crippen molar-refractivity contribution in [2.75, 3.05) is 47.5 Å². The van der Waals surface area contributed by atoms with Gasteiger partial charge < -0.3 is 29.1 Å². The zero-order valence-corrected chi connectivity index (χ0v) is 21.3. The molecule has 1 saturated heterocycles. The van der Waals surface area contributed by atoms with E-state index in [2.05, 4.69) is 13.8 Å². The number of rotatable bonds is 10. The van der Waals surface area contributed by atoms with Gasteiger partial charge in [0, 0.05) is 5.57 Å². The van der Waals surface area contributed by atoms with E-state index in [0.29, 0.717) is 47.0 Å². The van der Waals surface area contributed by atoms with Crippen molar-refractivity contribution in [1.29, 1.82) is 0 Å². The van der Waals surface area contributed by atoms with E-state index in [1.54, 1.807) is 50.4 Å². The Hall–Kier alpha value is -3.52. The molecule has 8 nitrogen and oxygen atoms in total. The minimum Gasteiger partial charge on any atom is -0.872 e. The molecule has 0 radical (unpaired) electrons. The Morgan fingerprint density at radius 3 is 2.23 bits per heavy atom. The molecule has 0 spiro atoms. The highest BCUT2D eigenvalue weighted by molar-refractivity contribution is 6.46. The molecule has 1 amide bonds. The minimum absolute atomic E-state index is 0.0509. The number of carbonyl (C=O) groups excluding carboxylic acids is 2. The first-order valence-corrected chi connectivity index (χ1v) is 11.8. The van der Waals surface area contributed by atoms with Crippen LogP contribution < -0.4 is 24.2 Å². The number of benzene rings is 2. The Kier molecular flexibility index (Phi) is 8.40. The van der Waals surface area contributed by atoms with Crippen LogP contribution in [0.15, 0.2) is 42.0 Å². The summed E-state index contributed by atoms with van der Waals surface area (Å²) < 4.78 is 16.1. The van der Waals surface area contributed by atoms with Crippen LogP contribution >= 0.6 is 0 Å². The SMILES string of the molecule is CC[NH+](CC)CCN1C(=O)C(=O)C(=C([O-])c2ccc(OC)cc2C)C1c1ccc(OC)c(OC)c1. The molecule has 2 aromatic rings. The van der Waals surface area contributed by atoms with Crippen LogP contribution in [0, 0.1) is 6.92 Å². The van der Waals surface area contributed by atoms with Crippen molar-refractivity contribution in [3.63, 3.8) is 0 Å². The van der Waals surface area contributed by atoms with Crippen molar-refractivity contribution in [2.45, 2.75) is 26.8 Å². The molecule has 1 atom stereocenters. The van der Waals surface area contributed by atoms with E-state index in [-0.39, 0.29) is 5.57 Å². The maximum Gasteiger partial charge on any atom is 0.295 e. The summed E-state index contributed by atoms with van der Waals surface area (Å²) in [5.74, 6) is -0.298. The van der Waals surface area contributed by atoms with Gasteiger partial charge in [-0.3, -0.25) is 9.59 Å². The van der Waals surface area contributed by atoms with Crippen molar-refractivity contribution < 1.29 is 33.8 Å². The molecule has 0 saturated carbocycles. The number of ether oxygens (including phenoxy) is 3. The first kappa shape index (κ1) is 26.1. The monoisotopic (exact) mass is 482 g/mol. The number of nitrogens with one attached hydrogen (secondary N) is 1. The summed E-state index contributed by atoms with van der Waals surface area (Å²) >= 11 is 0. The fourth-order valence-electron chi connectivity index (χ4n) is 4.52. The lowest BCUT2D eigenvalue weighted by atomic mass is 9.93. The minimum atomic E-state index is -0.821. The Morgan fingerprint density at radius 2 is 1.66 bits per heavy atom. The molecular formula is C27H34N2O6. The molecular weight excluding hydrogens is 448 g/mol. The normalized spacial score (nSPS) is 17.2. The number of hydrogen-bond donors (Lipinski definition) is 1. The van der Waals surface area contributed by atoms with Gasteiger partial charge in [-0.05, 0) is 61.7 Å². The third-order valence-electron chi connectivity index (χ3n) is 6.64. The quantitative estimate of drug-likeness (QED) is 0.311. The standard InChI is InChI=1S/C27H34N2O6/c1-7-28(8-2)13-14-29-24(18-9-12-21(34-5)22(16-18)35-6)23(26(31)27(29)32)25(30)20-11-10-19(33-4)15-17(20)3/h9-12,15-16,24,30H,7-8,13-14H2,1-6H3. The van der Waals surface area contributed by atoms with Crippen molar-refractivity contribution in [1.82, 2.24) is 4.90 Å². The summed E-state index contributed by atoms with van der Waals surface area (Å²) in [6, 6.07) is 9.44. The second kappa shape index (κ2) is 11.3. The van der Waals surface area contributed by atoms with Gasteiger partial charge in [-0.1, -0.05) is 17.9 Å². The summed E-state index contributed by atoms with van der Waals surface area (Å²) in [6.07, 6.45) is 0. The molecule has 0 aromatic heterocycles. The van der Waals surface area contributed by atoms with E-state index >= 15 is 0 Å². The fraction of sp³-hybridized carbons (Fsp3) is 0.407. The number of Topliss-reactive ketones (excluding diaryl/α,β-unsaturated/α-hetero) is 1. The summed E-state index contributed by atoms with van der Waals surface area (Å²) in [5.41, 5.74) is 1.60. The van der Waals surface area contributed by atoms with E-state index in [1.165, 1.54) is 24.0 Å². The molecule has 2 aromatic carbocycles. The van der Waals surface area contributed by atoms with E-state index < -0.39 is 23.5 Å². The molecule has 1 fully saturated rings. The van der Waals surface area contributed by atoms with Crippen molar-refractivity contribution in [3.8, 4) is 17.2 Å². The highest BCUT2D eigenvalue weighted by atomic mass is 16.5. The summed E-state index contributed by atoms with van der Waals surface area (Å²) in [4.78, 5) is 29.3. The number of nitrogens with zero attached hydrogens (tertiary/aromatic N) is 1. The number of likely N-dealkylation sites (N-methyl/N-ethyl adjacent to an activating group) is 1. The van der Waals surface area contributed by atoms with Crippen LogP contribution in [0.4, 0.5) is 0 Å². The first-order valence-electron chi connectivity index (χ1n) is 11.8. The van der Waals surface area contributed by atoms with Gasteiger partial charge in [-0.15, -0.1) is 0 Å². The average molecular weight is 483 g/mol. The number of carbonyl (C=O) groups is 2. The summed E-state index contributed by atoms with van der Waals surface area (Å²) in [7, 11) is 4.60. The number of likely N-dealkylation sites (tertiary alicyclic amines) is 1. The smallest absolute Gasteiger partial charge is 0.295 e. The van der Waals surface area contributed by atoms with Crippen LogP contribution in [-0.2, 0) is 9.59 Å². The molecule has 1 unspecified atom stereocenters. The van der Waals surface area contributed by atoms with Crippen molar-refractivity contribution in [3.05, 3.63) is 58.7 Å². The van der Waals surface area contributed by atoms with Crippen LogP contribution in [0.3, 0.4) is 0 Å². The predicted octanol–water partition coefficient (Wildman–Crippen LogP) is 1.17. The number of hydrogen-bond acceptors (Lipinski definition) is 6. The zero-order valence-electron chi connectivity index (χ0n) is 21.3. The highest BCUT2D eigenvalue weighted by Crippen LogP contribution is 2.41. The molecule has 1 heterocycles. The van der Waals surface area contributed by atoms with Gasteiger partial charge in [-0.2, -0.15) is 0 Å². The van der Waals surface area contributed by atoms with Crippen LogP contribution in [0.25, 0.3) is 5.76 Å². The van der Waals surface area contributed by atoms with E-state index in [1.807, 2.05) is 0 Å². The first-order chi connectivity index (χ1) is 16.8. The van der Waals surface area contributed by atoms with E-state index in [0.717, 1.165) is 13.1 Å². The van der Waals surface area contributed by atoms with E-state index in [4.69, 9.17) is 14.2 Å². The molecule has 1 aliphatic heterocycles. The Labute approximate surface area is 206 Å². The van der Waals surface area contributed by atoms with Gasteiger partial charge in [0.2, 0.25) is 5.78 Å². The second-order valence-electron chi connectivity index (χ2n) is 8.48. The Balaban J connectivity index is 2.18. The Bertz CT molecular complexity index is 1120. The Morgan fingerprint density at radius 1 is 0.971 bits per heavy atom. The molecule has 1 N–H and O–H groups in total. The van der Waals surface area contributed by atoms with Crippen LogP contribution in [0.5, 0.6) is 17.2 Å². The lowest BCUT2D eigenvalue weighted by Gasteiger charge is -2.29. The topological polar surface area (TPSA) is 92.6 Å². The summed E-state index contributed by atoms with van der Waals surface area (Å²) in [5, 5.41) is 13.7. The van der Waals surface area contributed by atoms with Gasteiger partial charge in [0.1, 0.15) is 5.75 Å². The van der Waals surface area contributed by atoms with Gasteiger partial charge in [-0.25, -0.2) is 0 Å². The maximum absolute atomic E-state index is 13.7. The third-order valence-corrected chi connectivity index (χ3v) is 6.64. The molecule has 3 rings (SSSR count). The molecule has 0 bridgehead atoms. The fourth-order valence-corrected chi connectivity index (χ4v) is 4.52. The highest BCUT2D eigenvalue weighted by Gasteiger charge is 2.44. The number of quaternary nitrogens is 1. The van der Waals surface area contributed by atoms with Gasteiger partial charge in [0.05, 0.1) is 53.6 Å². The number of methoxy groups -OCH3 is 3. The number of amides is 1. The number of aryl methyl sites for hydroxylation is 1. The van der Waals surface area contributed by atoms with E-state index in [9.17, 15) is 14.7 Å². The largest absolute Gasteiger partial charge is 0.872 e. The molecule has 0 aliphatic carbocycles. The van der Waals surface area contributed by atoms with Crippen LogP contribution in [0.1, 0.15) is 36.6 Å². The lowest BCUT2D eigenvalue weighted by Crippen LogP contribution is -3.12. The molecule has 188 valence electrons. The maximum atomic E-state index is 13.7.